The van der Waals surface area contributed by atoms with Crippen LogP contribution in [0.25, 0.3) is 11.1 Å². The van der Waals surface area contributed by atoms with E-state index in [2.05, 4.69) is 31.1 Å². The lowest BCUT2D eigenvalue weighted by molar-refractivity contribution is 0.173. The van der Waals surface area contributed by atoms with Gasteiger partial charge in [0.15, 0.2) is 46.0 Å². The Morgan fingerprint density at radius 1 is 0.596 bits per heavy atom. The average Bonchev–Trinajstić information content (AvgIpc) is 3.81. The number of phenols is 2. The molecule has 2 aliphatic rings. The van der Waals surface area contributed by atoms with E-state index in [0.717, 1.165) is 5.56 Å². The Labute approximate surface area is 304 Å². The molecular weight excluding hydrogens is 692 g/mol. The van der Waals surface area contributed by atoms with E-state index in [1.165, 1.54) is 12.1 Å². The van der Waals surface area contributed by atoms with Crippen molar-refractivity contribution in [1.82, 2.24) is 0 Å². The van der Waals surface area contributed by atoms with Crippen molar-refractivity contribution < 1.29 is 62.7 Å². The predicted octanol–water partition coefficient (Wildman–Crippen LogP) is 6.56. The first-order valence-corrected chi connectivity index (χ1v) is 19.4. The summed E-state index contributed by atoms with van der Waals surface area (Å²) in [7, 11) is 7.75. The summed E-state index contributed by atoms with van der Waals surface area (Å²) in [6.45, 7) is 6.75. The smallest absolute Gasteiger partial charge is 0.231 e. The molecule has 6 rings (SSSR count). The fraction of sp³-hybridized carbons (Fsp3) is 0.316. The lowest BCUT2D eigenvalue weighted by Crippen LogP contribution is -2.16. The molecule has 52 heavy (non-hydrogen) atoms. The summed E-state index contributed by atoms with van der Waals surface area (Å²) in [5.74, 6) is 8.63. The van der Waals surface area contributed by atoms with Crippen molar-refractivity contribution in [2.75, 3.05) is 56.2 Å². The molecule has 0 aromatic heterocycles. The average molecular weight is 737 g/mol. The molecule has 278 valence electrons. The van der Waals surface area contributed by atoms with E-state index in [1.54, 1.807) is 85.1 Å². The molecule has 0 spiro atoms. The zero-order valence-corrected chi connectivity index (χ0v) is 31.6. The van der Waals surface area contributed by atoms with Crippen LogP contribution in [0.4, 0.5) is 0 Å². The first-order chi connectivity index (χ1) is 24.9. The molecule has 0 aliphatic carbocycles. The Balaban J connectivity index is 0.000000186. The number of hydrogen-bond acceptors (Lipinski definition) is 13. The summed E-state index contributed by atoms with van der Waals surface area (Å²) >= 11 is 0. The monoisotopic (exact) mass is 736 g/mol. The summed E-state index contributed by atoms with van der Waals surface area (Å²) < 4.78 is 52.6. The summed E-state index contributed by atoms with van der Waals surface area (Å²) in [4.78, 5) is 0. The van der Waals surface area contributed by atoms with Crippen LogP contribution >= 0.6 is 0 Å². The molecule has 0 bridgehead atoms. The highest BCUT2D eigenvalue weighted by Crippen LogP contribution is 2.48. The third kappa shape index (κ3) is 9.50. The maximum atomic E-state index is 10.2. The predicted molar refractivity (Wildman–Crippen MR) is 196 cm³/mol. The SMILES string of the molecule is COc1cc(-c2cc(O)cc3c2OCO3)cc(OC)c1OC.COc1cc(C(O)C#C[Si](C)(C)C)cc(OC)c1OC.Oc1ccc2c(c1)OCO2. The number of benzene rings is 4. The van der Waals surface area contributed by atoms with E-state index < -0.39 is 14.2 Å². The van der Waals surface area contributed by atoms with Gasteiger partial charge >= 0.3 is 0 Å². The largest absolute Gasteiger partial charge is 0.508 e. The van der Waals surface area contributed by atoms with Gasteiger partial charge in [-0.3, -0.25) is 0 Å². The maximum absolute atomic E-state index is 10.2. The second-order valence-electron chi connectivity index (χ2n) is 12.1. The Bertz CT molecular complexity index is 1860. The van der Waals surface area contributed by atoms with Crippen molar-refractivity contribution in [3.63, 3.8) is 0 Å². The van der Waals surface area contributed by atoms with Crippen molar-refractivity contribution in [2.24, 2.45) is 0 Å². The number of aliphatic hydroxyl groups excluding tert-OH is 1. The van der Waals surface area contributed by atoms with Gasteiger partial charge in [-0.2, -0.15) is 0 Å². The summed E-state index contributed by atoms with van der Waals surface area (Å²) in [5.41, 5.74) is 5.22. The molecule has 13 nitrogen and oxygen atoms in total. The fourth-order valence-corrected chi connectivity index (χ4v) is 5.53. The van der Waals surface area contributed by atoms with Crippen LogP contribution in [0.15, 0.2) is 54.6 Å². The molecule has 14 heteroatoms. The zero-order valence-electron chi connectivity index (χ0n) is 30.6. The van der Waals surface area contributed by atoms with E-state index in [0.29, 0.717) is 68.6 Å². The number of hydrogen-bond donors (Lipinski definition) is 3. The minimum Gasteiger partial charge on any atom is -0.508 e. The van der Waals surface area contributed by atoms with Gasteiger partial charge in [0.1, 0.15) is 25.7 Å². The van der Waals surface area contributed by atoms with Gasteiger partial charge in [0, 0.05) is 23.3 Å². The molecule has 2 heterocycles. The summed E-state index contributed by atoms with van der Waals surface area (Å²) in [5, 5.41) is 29.0. The number of phenolic OH excluding ortho intramolecular Hbond substituents is 2. The Morgan fingerprint density at radius 3 is 1.63 bits per heavy atom. The number of fused-ring (bicyclic) bond motifs is 2. The van der Waals surface area contributed by atoms with Gasteiger partial charge in [0.25, 0.3) is 0 Å². The zero-order chi connectivity index (χ0) is 38.0. The van der Waals surface area contributed by atoms with E-state index in [4.69, 9.17) is 52.5 Å². The molecular formula is C38H44O13Si. The highest BCUT2D eigenvalue weighted by Gasteiger charge is 2.23. The van der Waals surface area contributed by atoms with Crippen LogP contribution < -0.4 is 47.4 Å². The molecule has 1 unspecified atom stereocenters. The standard InChI is InChI=1S/C16H16O6.C15H22O4Si.C7H6O3/c1-18-12-4-9(5-13(19-2)16(12)20-3)11-6-10(17)7-14-15(11)22-8-21-14;1-17-13-9-11(10-14(18-2)15(13)19-3)12(16)7-8-20(4,5)6;8-5-1-2-6-7(3-5)10-4-9-6/h4-7,17H,8H2,1-3H3;9-10,12,16H,1-6H3;1-3,8H,4H2. The van der Waals surface area contributed by atoms with Gasteiger partial charge in [-0.25, -0.2) is 0 Å². The van der Waals surface area contributed by atoms with Gasteiger partial charge in [-0.05, 0) is 48.0 Å². The quantitative estimate of drug-likeness (QED) is 0.132. The highest BCUT2D eigenvalue weighted by atomic mass is 28.3. The minimum atomic E-state index is -1.52. The van der Waals surface area contributed by atoms with Crippen molar-refractivity contribution in [3.05, 3.63) is 60.2 Å². The lowest BCUT2D eigenvalue weighted by Gasteiger charge is -2.15. The second kappa shape index (κ2) is 17.4. The number of aliphatic hydroxyl groups is 1. The summed E-state index contributed by atoms with van der Waals surface area (Å²) in [6, 6.07) is 14.9. The van der Waals surface area contributed by atoms with Crippen molar-refractivity contribution in [3.8, 4) is 91.6 Å². The molecule has 0 saturated carbocycles. The molecule has 2 aliphatic heterocycles. The number of rotatable bonds is 8. The van der Waals surface area contributed by atoms with Crippen molar-refractivity contribution in [1.29, 1.82) is 0 Å². The molecule has 4 aromatic carbocycles. The third-order valence-electron chi connectivity index (χ3n) is 7.38. The van der Waals surface area contributed by atoms with Crippen molar-refractivity contribution >= 4 is 8.07 Å². The summed E-state index contributed by atoms with van der Waals surface area (Å²) in [6.07, 6.45) is -0.865. The Hall–Kier alpha value is -5.78. The molecule has 4 aromatic rings. The Morgan fingerprint density at radius 2 is 1.10 bits per heavy atom. The van der Waals surface area contributed by atoms with E-state index in [-0.39, 0.29) is 25.1 Å². The van der Waals surface area contributed by atoms with E-state index >= 15 is 0 Å². The van der Waals surface area contributed by atoms with Gasteiger partial charge in [-0.1, -0.05) is 25.6 Å². The van der Waals surface area contributed by atoms with E-state index in [9.17, 15) is 10.2 Å². The maximum Gasteiger partial charge on any atom is 0.231 e. The minimum absolute atomic E-state index is 0.0907. The first kappa shape index (κ1) is 39.0. The molecule has 1 atom stereocenters. The topological polar surface area (TPSA) is 153 Å². The van der Waals surface area contributed by atoms with Gasteiger partial charge in [0.2, 0.25) is 25.1 Å². The first-order valence-electron chi connectivity index (χ1n) is 15.9. The van der Waals surface area contributed by atoms with Crippen LogP contribution in [0.5, 0.6) is 69.0 Å². The van der Waals surface area contributed by atoms with Crippen LogP contribution in [-0.2, 0) is 0 Å². The second-order valence-corrected chi connectivity index (χ2v) is 16.8. The lowest BCUT2D eigenvalue weighted by atomic mass is 10.0. The van der Waals surface area contributed by atoms with Gasteiger partial charge in [-0.15, -0.1) is 5.54 Å². The van der Waals surface area contributed by atoms with Gasteiger partial charge < -0.3 is 62.7 Å². The molecule has 0 saturated heterocycles. The van der Waals surface area contributed by atoms with Crippen LogP contribution in [0.1, 0.15) is 11.7 Å². The highest BCUT2D eigenvalue weighted by molar-refractivity contribution is 6.83. The van der Waals surface area contributed by atoms with Crippen LogP contribution in [-0.4, -0.2) is 79.6 Å². The van der Waals surface area contributed by atoms with Crippen LogP contribution in [0.2, 0.25) is 19.6 Å². The third-order valence-corrected chi connectivity index (χ3v) is 8.27. The van der Waals surface area contributed by atoms with Crippen LogP contribution in [0.3, 0.4) is 0 Å². The Kier molecular flexibility index (Phi) is 13.1. The number of methoxy groups -OCH3 is 6. The molecule has 3 N–H and O–H groups in total. The van der Waals surface area contributed by atoms with Gasteiger partial charge in [0.05, 0.1) is 42.7 Å². The molecule has 0 fully saturated rings. The number of ether oxygens (including phenoxy) is 10. The van der Waals surface area contributed by atoms with Crippen LogP contribution in [0, 0.1) is 11.5 Å². The molecule has 0 amide bonds. The van der Waals surface area contributed by atoms with E-state index in [1.807, 2.05) is 0 Å². The molecule has 0 radical (unpaired) electrons. The van der Waals surface area contributed by atoms with Crippen molar-refractivity contribution in [2.45, 2.75) is 25.7 Å². The fourth-order valence-electron chi connectivity index (χ4n) is 4.96. The number of aromatic hydroxyl groups is 2. The normalized spacial score (nSPS) is 12.4.